The predicted molar refractivity (Wildman–Crippen MR) is 171 cm³/mol. The van der Waals surface area contributed by atoms with Gasteiger partial charge < -0.3 is 19.8 Å². The van der Waals surface area contributed by atoms with Crippen LogP contribution >= 0.6 is 27.7 Å². The van der Waals surface area contributed by atoms with Crippen LogP contribution < -0.4 is 0 Å². The average molecular weight is 659 g/mol. The van der Waals surface area contributed by atoms with E-state index in [4.69, 9.17) is 0 Å². The summed E-state index contributed by atoms with van der Waals surface area (Å²) in [5, 5.41) is 10.3. The van der Waals surface area contributed by atoms with Gasteiger partial charge in [0.15, 0.2) is 0 Å². The van der Waals surface area contributed by atoms with E-state index in [0.29, 0.717) is 32.5 Å². The average Bonchev–Trinajstić information content (AvgIpc) is 3.60. The number of carbonyl (C=O) groups is 3. The molecule has 228 valence electrons. The minimum absolute atomic E-state index is 0.00482. The molecule has 1 aromatic carbocycles. The van der Waals surface area contributed by atoms with Gasteiger partial charge in [-0.15, -0.1) is 24.9 Å². The van der Waals surface area contributed by atoms with Gasteiger partial charge in [0.1, 0.15) is 6.04 Å². The summed E-state index contributed by atoms with van der Waals surface area (Å²) < 4.78 is -0.739. The van der Waals surface area contributed by atoms with Crippen LogP contribution in [-0.2, 0) is 20.9 Å². The molecule has 1 N–H and O–H groups in total. The first-order chi connectivity index (χ1) is 20.3. The van der Waals surface area contributed by atoms with Gasteiger partial charge in [-0.1, -0.05) is 84.6 Å². The Kier molecular flexibility index (Phi) is 9.90. The fourth-order valence-electron chi connectivity index (χ4n) is 7.95. The molecule has 9 heteroatoms. The number of aliphatic hydroxyl groups is 1. The van der Waals surface area contributed by atoms with Crippen LogP contribution in [0.4, 0.5) is 0 Å². The highest BCUT2D eigenvalue weighted by atomic mass is 79.9. The topological polar surface area (TPSA) is 81.2 Å². The minimum Gasteiger partial charge on any atom is -0.394 e. The van der Waals surface area contributed by atoms with Crippen molar-refractivity contribution >= 4 is 45.4 Å². The van der Waals surface area contributed by atoms with Crippen LogP contribution in [0.15, 0.2) is 55.6 Å². The van der Waals surface area contributed by atoms with E-state index >= 15 is 0 Å². The molecule has 3 amide bonds. The molecule has 0 aromatic heterocycles. The molecule has 4 aliphatic rings. The quantitative estimate of drug-likeness (QED) is 0.258. The van der Waals surface area contributed by atoms with Gasteiger partial charge in [0.05, 0.1) is 29.2 Å². The molecular weight excluding hydrogens is 614 g/mol. The number of thioether (sulfide) groups is 1. The van der Waals surface area contributed by atoms with Crippen molar-refractivity contribution in [3.8, 4) is 0 Å². The second-order valence-electron chi connectivity index (χ2n) is 12.2. The molecule has 42 heavy (non-hydrogen) atoms. The Balaban J connectivity index is 1.55. The van der Waals surface area contributed by atoms with Gasteiger partial charge in [-0.3, -0.25) is 14.4 Å². The number of likely N-dealkylation sites (tertiary alicyclic amines) is 1. The Morgan fingerprint density at radius 2 is 1.83 bits per heavy atom. The van der Waals surface area contributed by atoms with Gasteiger partial charge in [-0.05, 0) is 31.2 Å². The van der Waals surface area contributed by atoms with E-state index in [0.717, 1.165) is 31.2 Å². The number of hydrogen-bond donors (Lipinski definition) is 1. The zero-order valence-electron chi connectivity index (χ0n) is 24.6. The molecule has 1 spiro atoms. The van der Waals surface area contributed by atoms with Crippen LogP contribution in [0.5, 0.6) is 0 Å². The van der Waals surface area contributed by atoms with Crippen LogP contribution in [0.3, 0.4) is 0 Å². The number of aliphatic hydroxyl groups excluding tert-OH is 1. The molecule has 3 unspecified atom stereocenters. The summed E-state index contributed by atoms with van der Waals surface area (Å²) in [7, 11) is 0. The van der Waals surface area contributed by atoms with Gasteiger partial charge in [0, 0.05) is 35.8 Å². The van der Waals surface area contributed by atoms with Crippen molar-refractivity contribution in [2.75, 3.05) is 19.7 Å². The van der Waals surface area contributed by atoms with Crippen molar-refractivity contribution < 1.29 is 19.5 Å². The molecule has 1 aliphatic carbocycles. The maximum absolute atomic E-state index is 14.8. The van der Waals surface area contributed by atoms with Crippen LogP contribution in [0.25, 0.3) is 0 Å². The van der Waals surface area contributed by atoms with Crippen molar-refractivity contribution in [3.63, 3.8) is 0 Å². The largest absolute Gasteiger partial charge is 0.394 e. The lowest BCUT2D eigenvalue weighted by Crippen LogP contribution is -2.59. The maximum atomic E-state index is 14.8. The number of carbonyl (C=O) groups excluding carboxylic acids is 3. The van der Waals surface area contributed by atoms with E-state index in [9.17, 15) is 19.5 Å². The third-order valence-electron chi connectivity index (χ3n) is 9.82. The Morgan fingerprint density at radius 3 is 2.45 bits per heavy atom. The third kappa shape index (κ3) is 5.38. The second-order valence-corrected chi connectivity index (χ2v) is 14.9. The zero-order chi connectivity index (χ0) is 30.0. The normalized spacial score (nSPS) is 31.1. The van der Waals surface area contributed by atoms with E-state index in [-0.39, 0.29) is 40.4 Å². The minimum atomic E-state index is -0.739. The molecule has 3 heterocycles. The smallest absolute Gasteiger partial charge is 0.247 e. The summed E-state index contributed by atoms with van der Waals surface area (Å²) >= 11 is 5.55. The number of nitrogens with zero attached hydrogens (tertiary/aromatic N) is 3. The molecule has 0 radical (unpaired) electrons. The van der Waals surface area contributed by atoms with E-state index in [1.54, 1.807) is 33.7 Å². The molecule has 5 rings (SSSR count). The van der Waals surface area contributed by atoms with Crippen LogP contribution in [-0.4, -0.2) is 90.2 Å². The Hall–Kier alpha value is -2.10. The number of alkyl halides is 1. The Bertz CT molecular complexity index is 1170. The first kappa shape index (κ1) is 31.3. The summed E-state index contributed by atoms with van der Waals surface area (Å²) in [6.07, 6.45) is 9.90. The second kappa shape index (κ2) is 13.3. The van der Waals surface area contributed by atoms with E-state index in [1.165, 1.54) is 6.42 Å². The lowest BCUT2D eigenvalue weighted by atomic mass is 9.70. The summed E-state index contributed by atoms with van der Waals surface area (Å²) in [6, 6.07) is 8.75. The fraction of sp³-hybridized carbons (Fsp3) is 0.606. The van der Waals surface area contributed by atoms with E-state index < -0.39 is 28.7 Å². The van der Waals surface area contributed by atoms with E-state index in [2.05, 4.69) is 29.1 Å². The number of benzene rings is 1. The van der Waals surface area contributed by atoms with Crippen molar-refractivity contribution in [1.29, 1.82) is 0 Å². The van der Waals surface area contributed by atoms with Gasteiger partial charge in [0.2, 0.25) is 17.7 Å². The van der Waals surface area contributed by atoms with Gasteiger partial charge in [-0.2, -0.15) is 0 Å². The van der Waals surface area contributed by atoms with Gasteiger partial charge in [-0.25, -0.2) is 0 Å². The highest BCUT2D eigenvalue weighted by Crippen LogP contribution is 2.68. The van der Waals surface area contributed by atoms with Crippen molar-refractivity contribution in [1.82, 2.24) is 14.7 Å². The van der Waals surface area contributed by atoms with Crippen molar-refractivity contribution in [2.24, 2.45) is 11.8 Å². The Labute approximate surface area is 262 Å². The lowest BCUT2D eigenvalue weighted by Gasteiger charge is -2.42. The number of halogens is 1. The van der Waals surface area contributed by atoms with Gasteiger partial charge >= 0.3 is 0 Å². The summed E-state index contributed by atoms with van der Waals surface area (Å²) in [5.41, 5.74) is 1.01. The Morgan fingerprint density at radius 1 is 1.14 bits per heavy atom. The molecule has 1 saturated carbocycles. The highest BCUT2D eigenvalue weighted by molar-refractivity contribution is 9.09. The monoisotopic (exact) mass is 657 g/mol. The molecular formula is C33H44BrN3O4S. The number of rotatable bonds is 12. The summed E-state index contributed by atoms with van der Waals surface area (Å²) in [6.45, 7) is 10.8. The van der Waals surface area contributed by atoms with Crippen LogP contribution in [0, 0.1) is 11.8 Å². The van der Waals surface area contributed by atoms with Crippen molar-refractivity contribution in [2.45, 2.75) is 91.4 Å². The fourth-order valence-corrected chi connectivity index (χ4v) is 11.5. The number of amides is 3. The number of hydrogen-bond acceptors (Lipinski definition) is 5. The molecule has 2 bridgehead atoms. The standard InChI is InChI=1S/C33H44BrN3O4S/c1-4-17-35(20-22-13-9-7-10-14-22)30(39)26-27-31(40)37(23(6-3)21-38)29(33(27)19-25(34)28(26)42-33)32(41)36(18-5-2)24-15-11-8-12-16-24/h4-5,7,9-10,13-14,23-29,38H,1-2,6,8,11-12,15-21H2,3H3/t23-,25?,26-,27-,28-,29?,33?/m0/s1. The molecule has 7 atom stereocenters. The molecule has 7 nitrogen and oxygen atoms in total. The lowest BCUT2D eigenvalue weighted by molar-refractivity contribution is -0.148. The molecule has 1 aromatic rings. The summed E-state index contributed by atoms with van der Waals surface area (Å²) in [4.78, 5) is 49.2. The zero-order valence-corrected chi connectivity index (χ0v) is 27.0. The SMILES string of the molecule is C=CCN(Cc1ccccc1)C(=O)[C@H]1[C@H]2C(=O)N([C@@H](CC)CO)C(C(=O)N(CC=C)C3CCCCC3)C23CC(Br)[C@@H]1S3. The first-order valence-corrected chi connectivity index (χ1v) is 17.2. The number of fused-ring (bicyclic) bond motifs is 1. The third-order valence-corrected chi connectivity index (χ3v) is 13.0. The molecule has 3 saturated heterocycles. The van der Waals surface area contributed by atoms with E-state index in [1.807, 2.05) is 42.2 Å². The predicted octanol–water partition coefficient (Wildman–Crippen LogP) is 4.78. The summed E-state index contributed by atoms with van der Waals surface area (Å²) in [5.74, 6) is -1.48. The highest BCUT2D eigenvalue weighted by Gasteiger charge is 2.76. The van der Waals surface area contributed by atoms with Crippen molar-refractivity contribution in [3.05, 3.63) is 61.2 Å². The molecule has 4 fully saturated rings. The maximum Gasteiger partial charge on any atom is 0.247 e. The molecule has 3 aliphatic heterocycles. The van der Waals surface area contributed by atoms with Crippen LogP contribution in [0.2, 0.25) is 0 Å². The van der Waals surface area contributed by atoms with Gasteiger partial charge in [0.25, 0.3) is 0 Å². The first-order valence-electron chi connectivity index (χ1n) is 15.4. The van der Waals surface area contributed by atoms with Crippen LogP contribution in [0.1, 0.15) is 57.4 Å².